The summed E-state index contributed by atoms with van der Waals surface area (Å²) in [5.74, 6) is -0.826. The monoisotopic (exact) mass is 396 g/mol. The van der Waals surface area contributed by atoms with Crippen molar-refractivity contribution < 1.29 is 28.6 Å². The molecule has 2 rings (SSSR count). The fourth-order valence-electron chi connectivity index (χ4n) is 6.52. The Kier molecular flexibility index (Phi) is 6.51. The van der Waals surface area contributed by atoms with E-state index in [1.165, 1.54) is 20.8 Å². The highest BCUT2D eigenvalue weighted by molar-refractivity contribution is 5.67. The maximum atomic E-state index is 12.0. The summed E-state index contributed by atoms with van der Waals surface area (Å²) in [7, 11) is 0. The normalized spacial score (nSPS) is 36.8. The number of esters is 3. The number of rotatable bonds is 5. The van der Waals surface area contributed by atoms with Gasteiger partial charge in [0.2, 0.25) is 0 Å². The van der Waals surface area contributed by atoms with E-state index in [1.807, 2.05) is 6.92 Å². The van der Waals surface area contributed by atoms with Crippen LogP contribution in [-0.4, -0.2) is 36.2 Å². The molecule has 0 radical (unpaired) electrons. The Hall–Kier alpha value is -1.59. The Morgan fingerprint density at radius 2 is 1.57 bits per heavy atom. The van der Waals surface area contributed by atoms with Crippen molar-refractivity contribution in [3.63, 3.8) is 0 Å². The molecule has 0 unspecified atom stereocenters. The maximum absolute atomic E-state index is 12.0. The van der Waals surface area contributed by atoms with Crippen molar-refractivity contribution >= 4 is 17.9 Å². The molecule has 0 bridgehead atoms. The van der Waals surface area contributed by atoms with Gasteiger partial charge in [-0.2, -0.15) is 0 Å². The molecule has 6 heteroatoms. The molecule has 0 N–H and O–H groups in total. The molecule has 0 aromatic rings. The van der Waals surface area contributed by atoms with E-state index in [0.717, 1.165) is 19.3 Å². The van der Waals surface area contributed by atoms with E-state index < -0.39 is 5.60 Å². The van der Waals surface area contributed by atoms with E-state index >= 15 is 0 Å². The lowest BCUT2D eigenvalue weighted by Gasteiger charge is -2.63. The van der Waals surface area contributed by atoms with Crippen molar-refractivity contribution in [2.45, 2.75) is 92.3 Å². The van der Waals surface area contributed by atoms with Crippen LogP contribution in [0.5, 0.6) is 0 Å². The van der Waals surface area contributed by atoms with Crippen molar-refractivity contribution in [3.05, 3.63) is 0 Å². The largest absolute Gasteiger partial charge is 0.466 e. The molecule has 5 atom stereocenters. The maximum Gasteiger partial charge on any atom is 0.303 e. The molecule has 0 heterocycles. The first-order valence-corrected chi connectivity index (χ1v) is 10.3. The zero-order valence-electron chi connectivity index (χ0n) is 18.4. The number of hydrogen-bond acceptors (Lipinski definition) is 6. The van der Waals surface area contributed by atoms with E-state index in [0.29, 0.717) is 12.8 Å². The molecular formula is C22H36O6. The van der Waals surface area contributed by atoms with E-state index in [4.69, 9.17) is 14.2 Å². The highest BCUT2D eigenvalue weighted by atomic mass is 16.6. The summed E-state index contributed by atoms with van der Waals surface area (Å²) in [4.78, 5) is 35.1. The lowest BCUT2D eigenvalue weighted by Crippen LogP contribution is -2.64. The van der Waals surface area contributed by atoms with Gasteiger partial charge >= 0.3 is 17.9 Å². The number of carbonyl (C=O) groups excluding carboxylic acids is 3. The van der Waals surface area contributed by atoms with Gasteiger partial charge in [0.1, 0.15) is 11.7 Å². The second-order valence-corrected chi connectivity index (χ2v) is 9.77. The summed E-state index contributed by atoms with van der Waals surface area (Å²) in [5.41, 5.74) is -1.00. The van der Waals surface area contributed by atoms with Crippen LogP contribution in [0.1, 0.15) is 80.6 Å². The Balaban J connectivity index is 2.49. The topological polar surface area (TPSA) is 78.9 Å². The first-order chi connectivity index (χ1) is 12.8. The first-order valence-electron chi connectivity index (χ1n) is 10.3. The molecule has 6 nitrogen and oxygen atoms in total. The quantitative estimate of drug-likeness (QED) is 0.515. The fourth-order valence-corrected chi connectivity index (χ4v) is 6.52. The molecule has 2 saturated carbocycles. The van der Waals surface area contributed by atoms with Gasteiger partial charge in [0.25, 0.3) is 0 Å². The molecule has 0 spiro atoms. The Bertz CT molecular complexity index is 627. The van der Waals surface area contributed by atoms with Crippen molar-refractivity contribution in [3.8, 4) is 0 Å². The minimum absolute atomic E-state index is 0.000340. The molecule has 0 aromatic carbocycles. The van der Waals surface area contributed by atoms with Crippen LogP contribution in [-0.2, 0) is 28.6 Å². The third-order valence-electron chi connectivity index (χ3n) is 7.01. The molecule has 2 aliphatic carbocycles. The summed E-state index contributed by atoms with van der Waals surface area (Å²) in [6.45, 7) is 13.2. The second-order valence-electron chi connectivity index (χ2n) is 9.77. The summed E-state index contributed by atoms with van der Waals surface area (Å²) >= 11 is 0. The Morgan fingerprint density at radius 3 is 2.11 bits per heavy atom. The van der Waals surface area contributed by atoms with Crippen LogP contribution in [0.2, 0.25) is 0 Å². The molecule has 2 aliphatic rings. The van der Waals surface area contributed by atoms with Gasteiger partial charge in [-0.15, -0.1) is 0 Å². The van der Waals surface area contributed by atoms with Gasteiger partial charge < -0.3 is 14.2 Å². The molecule has 0 aromatic heterocycles. The van der Waals surface area contributed by atoms with Crippen LogP contribution in [0.15, 0.2) is 0 Å². The van der Waals surface area contributed by atoms with Crippen molar-refractivity contribution in [2.24, 2.45) is 22.7 Å². The molecule has 0 saturated heterocycles. The van der Waals surface area contributed by atoms with Gasteiger partial charge in [0, 0.05) is 39.0 Å². The number of fused-ring (bicyclic) bond motifs is 1. The van der Waals surface area contributed by atoms with E-state index in [2.05, 4.69) is 20.8 Å². The zero-order chi connectivity index (χ0) is 21.3. The summed E-state index contributed by atoms with van der Waals surface area (Å²) in [5, 5.41) is 0. The van der Waals surface area contributed by atoms with Crippen LogP contribution in [0.4, 0.5) is 0 Å². The van der Waals surface area contributed by atoms with Gasteiger partial charge in [-0.3, -0.25) is 14.4 Å². The van der Waals surface area contributed by atoms with E-state index in [9.17, 15) is 14.4 Å². The van der Waals surface area contributed by atoms with E-state index in [-0.39, 0.29) is 53.3 Å². The average molecular weight is 397 g/mol. The van der Waals surface area contributed by atoms with Gasteiger partial charge in [-0.05, 0) is 37.0 Å². The first kappa shape index (κ1) is 22.7. The minimum Gasteiger partial charge on any atom is -0.466 e. The van der Waals surface area contributed by atoms with Gasteiger partial charge in [-0.1, -0.05) is 27.2 Å². The van der Waals surface area contributed by atoms with Crippen LogP contribution in [0, 0.1) is 22.7 Å². The zero-order valence-corrected chi connectivity index (χ0v) is 18.4. The third-order valence-corrected chi connectivity index (χ3v) is 7.01. The molecule has 0 aliphatic heterocycles. The third kappa shape index (κ3) is 4.52. The predicted octanol–water partition coefficient (Wildman–Crippen LogP) is 4.05. The van der Waals surface area contributed by atoms with Gasteiger partial charge in [0.15, 0.2) is 0 Å². The van der Waals surface area contributed by atoms with Crippen LogP contribution < -0.4 is 0 Å². The molecule has 28 heavy (non-hydrogen) atoms. The van der Waals surface area contributed by atoms with Crippen LogP contribution in [0.3, 0.4) is 0 Å². The average Bonchev–Trinajstić information content (AvgIpc) is 2.47. The van der Waals surface area contributed by atoms with Crippen LogP contribution in [0.25, 0.3) is 0 Å². The highest BCUT2D eigenvalue weighted by Gasteiger charge is 2.64. The molecular weight excluding hydrogens is 360 g/mol. The summed E-state index contributed by atoms with van der Waals surface area (Å²) < 4.78 is 16.9. The van der Waals surface area contributed by atoms with Gasteiger partial charge in [0.05, 0.1) is 6.61 Å². The van der Waals surface area contributed by atoms with Crippen molar-refractivity contribution in [1.82, 2.24) is 0 Å². The SMILES string of the molecule is CC(=O)OCC[C@@H]1[C@@]2(C)CCCC(C)(C)[C@@H]2[C@@H](OC(C)=O)C[C@@]1(C)OC(C)=O. The Labute approximate surface area is 168 Å². The summed E-state index contributed by atoms with van der Waals surface area (Å²) in [6, 6.07) is 0. The standard InChI is InChI=1S/C22H36O6/c1-14(23)26-12-9-18-21(6)11-8-10-20(4,5)19(21)17(27-15(2)24)13-22(18,7)28-16(3)25/h17-19H,8-13H2,1-7H3/t17-,18+,19-,21+,22+/m0/s1. The lowest BCUT2D eigenvalue weighted by molar-refractivity contribution is -0.236. The number of carbonyl (C=O) groups is 3. The highest BCUT2D eigenvalue weighted by Crippen LogP contribution is 2.64. The Morgan fingerprint density at radius 1 is 0.929 bits per heavy atom. The molecule has 2 fully saturated rings. The summed E-state index contributed by atoms with van der Waals surface area (Å²) in [6.07, 6.45) is 3.84. The van der Waals surface area contributed by atoms with E-state index in [1.54, 1.807) is 0 Å². The van der Waals surface area contributed by atoms with Crippen LogP contribution >= 0.6 is 0 Å². The second kappa shape index (κ2) is 8.03. The predicted molar refractivity (Wildman–Crippen MR) is 104 cm³/mol. The molecule has 0 amide bonds. The van der Waals surface area contributed by atoms with Crippen molar-refractivity contribution in [2.75, 3.05) is 6.61 Å². The van der Waals surface area contributed by atoms with Gasteiger partial charge in [-0.25, -0.2) is 0 Å². The van der Waals surface area contributed by atoms with Crippen molar-refractivity contribution in [1.29, 1.82) is 0 Å². The minimum atomic E-state index is -0.787. The number of hydrogen-bond donors (Lipinski definition) is 0. The molecule has 160 valence electrons. The smallest absolute Gasteiger partial charge is 0.303 e. The lowest BCUT2D eigenvalue weighted by atomic mass is 9.44. The fraction of sp³-hybridized carbons (Fsp3) is 0.864. The number of ether oxygens (including phenoxy) is 3.